The van der Waals surface area contributed by atoms with Crippen LogP contribution in [0, 0.1) is 0 Å². The van der Waals surface area contributed by atoms with Gasteiger partial charge in [-0.05, 0) is 17.9 Å². The van der Waals surface area contributed by atoms with Crippen LogP contribution in [0.25, 0.3) is 0 Å². The van der Waals surface area contributed by atoms with Crippen LogP contribution >= 0.6 is 0 Å². The topological polar surface area (TPSA) is 32.4 Å². The maximum absolute atomic E-state index is 10.7. The lowest BCUT2D eigenvalue weighted by Crippen LogP contribution is -2.28. The summed E-state index contributed by atoms with van der Waals surface area (Å²) >= 11 is 0. The van der Waals surface area contributed by atoms with Crippen LogP contribution in [0.1, 0.15) is 46.5 Å². The third-order valence-corrected chi connectivity index (χ3v) is 1.78. The summed E-state index contributed by atoms with van der Waals surface area (Å²) in [6.45, 7) is 7.43. The Kier molecular flexibility index (Phi) is 7.69. The average molecular weight is 187 g/mol. The first-order valence-electron chi connectivity index (χ1n) is 5.14. The van der Waals surface area contributed by atoms with Crippen LogP contribution < -0.4 is 0 Å². The average Bonchev–Trinajstić information content (AvgIpc) is 2.09. The highest BCUT2D eigenvalue weighted by Crippen LogP contribution is 2.00. The van der Waals surface area contributed by atoms with Crippen molar-refractivity contribution in [2.24, 2.45) is 0 Å². The molecule has 3 nitrogen and oxygen atoms in total. The van der Waals surface area contributed by atoms with Gasteiger partial charge in [0.2, 0.25) is 0 Å². The van der Waals surface area contributed by atoms with Gasteiger partial charge in [0.25, 0.3) is 0 Å². The van der Waals surface area contributed by atoms with Gasteiger partial charge in [0, 0.05) is 0 Å². The normalized spacial score (nSPS) is 10.5. The van der Waals surface area contributed by atoms with Crippen molar-refractivity contribution < 1.29 is 9.63 Å². The Morgan fingerprint density at radius 1 is 1.15 bits per heavy atom. The molecule has 0 N–H and O–H groups in total. The van der Waals surface area contributed by atoms with E-state index >= 15 is 0 Å². The van der Waals surface area contributed by atoms with Crippen LogP contribution in [0.15, 0.2) is 0 Å². The minimum absolute atomic E-state index is 0.216. The third-order valence-electron chi connectivity index (χ3n) is 1.78. The van der Waals surface area contributed by atoms with Gasteiger partial charge in [-0.1, -0.05) is 26.7 Å². The van der Waals surface area contributed by atoms with Gasteiger partial charge in [0.1, 0.15) is 6.92 Å². The molecule has 1 radical (unpaired) electrons. The molecule has 3 heteroatoms. The zero-order valence-corrected chi connectivity index (χ0v) is 9.01. The van der Waals surface area contributed by atoms with Crippen LogP contribution in [0.3, 0.4) is 0 Å². The lowest BCUT2D eigenvalue weighted by molar-refractivity contribution is -0.188. The first kappa shape index (κ1) is 12.4. The number of hydrogen-bond donors (Lipinski definition) is 0. The van der Waals surface area contributed by atoms with Crippen LogP contribution in [-0.4, -0.2) is 24.1 Å². The predicted molar refractivity (Wildman–Crippen MR) is 53.2 cm³/mol. The van der Waals surface area contributed by atoms with Crippen molar-refractivity contribution >= 4 is 5.97 Å². The summed E-state index contributed by atoms with van der Waals surface area (Å²) in [5, 5.41) is 1.77. The number of hydrogen-bond acceptors (Lipinski definition) is 3. The molecule has 0 aliphatic heterocycles. The summed E-state index contributed by atoms with van der Waals surface area (Å²) in [4.78, 5) is 15.8. The minimum Gasteiger partial charge on any atom is -0.196 e. The van der Waals surface area contributed by atoms with Gasteiger partial charge >= 0.3 is 5.97 Å². The van der Waals surface area contributed by atoms with E-state index in [1.165, 1.54) is 6.92 Å². The van der Waals surface area contributed by atoms with E-state index in [-0.39, 0.29) is 5.97 Å². The zero-order chi connectivity index (χ0) is 10.1. The molecule has 0 aromatic rings. The molecule has 0 aliphatic rings. The van der Waals surface area contributed by atoms with E-state index in [0.717, 1.165) is 38.8 Å². The van der Waals surface area contributed by atoms with Crippen molar-refractivity contribution in [3.63, 3.8) is 0 Å². The Labute approximate surface area is 81.0 Å². The molecule has 0 atom stereocenters. The van der Waals surface area contributed by atoms with E-state index in [9.17, 15) is 4.79 Å². The lowest BCUT2D eigenvalue weighted by atomic mass is 10.3. The highest BCUT2D eigenvalue weighted by molar-refractivity contribution is 5.65. The van der Waals surface area contributed by atoms with Gasteiger partial charge in [-0.3, -0.25) is 0 Å². The molecule has 0 spiro atoms. The van der Waals surface area contributed by atoms with Crippen molar-refractivity contribution in [1.82, 2.24) is 5.06 Å². The number of unbranched alkanes of at least 4 members (excludes halogenated alkanes) is 2. The smallest absolute Gasteiger partial charge is 0.196 e. The van der Waals surface area contributed by atoms with Crippen LogP contribution in [-0.2, 0) is 9.63 Å². The second-order valence-electron chi connectivity index (χ2n) is 3.22. The molecule has 13 heavy (non-hydrogen) atoms. The number of rotatable bonds is 7. The molecule has 0 rings (SSSR count). The fraction of sp³-hybridized carbons (Fsp3) is 0.900. The van der Waals surface area contributed by atoms with Crippen LogP contribution in [0.5, 0.6) is 0 Å². The number of carbonyl (C=O) groups excluding carboxylic acids is 1. The fourth-order valence-corrected chi connectivity index (χ4v) is 1.05. The third kappa shape index (κ3) is 7.78. The van der Waals surface area contributed by atoms with E-state index in [0.29, 0.717) is 0 Å². The van der Waals surface area contributed by atoms with Gasteiger partial charge in [0.15, 0.2) is 0 Å². The van der Waals surface area contributed by atoms with E-state index < -0.39 is 0 Å². The highest BCUT2D eigenvalue weighted by atomic mass is 16.7. The van der Waals surface area contributed by atoms with Gasteiger partial charge in [-0.2, -0.15) is 4.84 Å². The summed E-state index contributed by atoms with van der Waals surface area (Å²) in [5.41, 5.74) is 0. The van der Waals surface area contributed by atoms with E-state index in [2.05, 4.69) is 13.8 Å². The molecule has 0 saturated heterocycles. The maximum Gasteiger partial charge on any atom is 0.594 e. The molecule has 0 unspecified atom stereocenters. The molecule has 0 bridgehead atoms. The van der Waals surface area contributed by atoms with Crippen molar-refractivity contribution in [1.29, 1.82) is 0 Å². The Hall–Kier alpha value is -0.570. The number of hydroxylamine groups is 2. The van der Waals surface area contributed by atoms with Crippen molar-refractivity contribution in [3.8, 4) is 0 Å². The second-order valence-corrected chi connectivity index (χ2v) is 3.22. The molecule has 0 saturated carbocycles. The summed E-state index contributed by atoms with van der Waals surface area (Å²) in [6.07, 6.45) is 4.42. The van der Waals surface area contributed by atoms with E-state index in [1.807, 2.05) is 0 Å². The second kappa shape index (κ2) is 8.05. The quantitative estimate of drug-likeness (QED) is 0.453. The molecule has 0 aromatic heterocycles. The molecule has 0 heterocycles. The summed E-state index contributed by atoms with van der Waals surface area (Å²) in [6, 6.07) is 0. The maximum atomic E-state index is 10.7. The number of carbonyl (C=O) groups is 1. The van der Waals surface area contributed by atoms with Gasteiger partial charge in [-0.25, -0.2) is 0 Å². The first-order valence-corrected chi connectivity index (χ1v) is 5.14. The Balaban J connectivity index is 3.66. The standard InChI is InChI=1S/C10H21NO2/c1-4-6-8-11(9-7-5-2)13-10(3)12/h4-9H2,1-3H3/q+1. The van der Waals surface area contributed by atoms with E-state index in [1.54, 1.807) is 5.06 Å². The highest BCUT2D eigenvalue weighted by Gasteiger charge is 2.17. The van der Waals surface area contributed by atoms with Crippen LogP contribution in [0.4, 0.5) is 0 Å². The van der Waals surface area contributed by atoms with Crippen molar-refractivity contribution in [2.75, 3.05) is 13.1 Å². The monoisotopic (exact) mass is 187 g/mol. The Morgan fingerprint density at radius 2 is 1.62 bits per heavy atom. The summed E-state index contributed by atoms with van der Waals surface area (Å²) in [5.74, 6) is -0.216. The zero-order valence-electron chi connectivity index (χ0n) is 9.01. The van der Waals surface area contributed by atoms with Gasteiger partial charge in [-0.15, -0.1) is 0 Å². The van der Waals surface area contributed by atoms with Crippen molar-refractivity contribution in [2.45, 2.75) is 46.5 Å². The van der Waals surface area contributed by atoms with Gasteiger partial charge < -0.3 is 0 Å². The molecular weight excluding hydrogens is 166 g/mol. The Bertz CT molecular complexity index is 129. The molecule has 0 amide bonds. The first-order chi connectivity index (χ1) is 6.20. The van der Waals surface area contributed by atoms with E-state index in [4.69, 9.17) is 4.84 Å². The van der Waals surface area contributed by atoms with Crippen molar-refractivity contribution in [3.05, 3.63) is 0 Å². The summed E-state index contributed by atoms with van der Waals surface area (Å²) < 4.78 is 0. The lowest BCUT2D eigenvalue weighted by Gasteiger charge is -2.11. The largest absolute Gasteiger partial charge is 0.594 e. The predicted octanol–water partition coefficient (Wildman–Crippen LogP) is 2.37. The number of nitrogens with zero attached hydrogens (tertiary/aromatic N) is 1. The molecule has 0 aliphatic carbocycles. The van der Waals surface area contributed by atoms with Gasteiger partial charge in [0.05, 0.1) is 17.9 Å². The minimum atomic E-state index is -0.216. The van der Waals surface area contributed by atoms with Crippen LogP contribution in [0.2, 0.25) is 0 Å². The molecule has 77 valence electrons. The SMILES string of the molecule is CCCCN(CCCC)OC(C)=[O+]. The molecule has 0 aromatic carbocycles. The summed E-state index contributed by atoms with van der Waals surface area (Å²) in [7, 11) is 0. The Morgan fingerprint density at radius 3 is 1.92 bits per heavy atom. The molecule has 0 fully saturated rings. The molecular formula is C10H21NO2+. The fourth-order valence-electron chi connectivity index (χ4n) is 1.05.